The van der Waals surface area contributed by atoms with Crippen molar-refractivity contribution in [3.8, 4) is 11.6 Å². The number of hydrogen-bond acceptors (Lipinski definition) is 5. The first kappa shape index (κ1) is 16.5. The highest BCUT2D eigenvalue weighted by Gasteiger charge is 2.21. The predicted octanol–water partition coefficient (Wildman–Crippen LogP) is 2.24. The quantitative estimate of drug-likeness (QED) is 0.753. The van der Waals surface area contributed by atoms with Crippen LogP contribution in [0.5, 0.6) is 11.6 Å². The van der Waals surface area contributed by atoms with Crippen molar-refractivity contribution in [1.82, 2.24) is 25.4 Å². The van der Waals surface area contributed by atoms with Crippen LogP contribution in [0, 0.1) is 0 Å². The van der Waals surface area contributed by atoms with Crippen LogP contribution in [0.1, 0.15) is 23.3 Å². The Morgan fingerprint density at radius 2 is 1.96 bits per heavy atom. The van der Waals surface area contributed by atoms with Gasteiger partial charge in [0.25, 0.3) is 5.91 Å². The van der Waals surface area contributed by atoms with Crippen LogP contribution < -0.4 is 15.4 Å². The van der Waals surface area contributed by atoms with E-state index in [1.54, 1.807) is 17.8 Å². The van der Waals surface area contributed by atoms with Gasteiger partial charge in [-0.2, -0.15) is 10.1 Å². The molecule has 0 aliphatic carbocycles. The number of piperidine rings is 1. The molecule has 1 saturated heterocycles. The Hall–Kier alpha value is -2.93. The van der Waals surface area contributed by atoms with Crippen molar-refractivity contribution in [1.29, 1.82) is 0 Å². The Morgan fingerprint density at radius 1 is 1.19 bits per heavy atom. The van der Waals surface area contributed by atoms with Crippen molar-refractivity contribution < 1.29 is 9.53 Å². The molecule has 26 heavy (non-hydrogen) atoms. The maximum atomic E-state index is 12.6. The lowest BCUT2D eigenvalue weighted by Crippen LogP contribution is -2.42. The van der Waals surface area contributed by atoms with Gasteiger partial charge < -0.3 is 15.4 Å². The molecule has 7 heteroatoms. The van der Waals surface area contributed by atoms with Gasteiger partial charge in [0.05, 0.1) is 5.39 Å². The van der Waals surface area contributed by atoms with Gasteiger partial charge in [-0.25, -0.2) is 4.68 Å². The number of nitrogens with one attached hydrogen (secondary N) is 2. The van der Waals surface area contributed by atoms with Gasteiger partial charge in [-0.3, -0.25) is 4.79 Å². The summed E-state index contributed by atoms with van der Waals surface area (Å²) in [6.07, 6.45) is 1.87. The maximum absolute atomic E-state index is 12.6. The Bertz CT molecular complexity index is 916. The van der Waals surface area contributed by atoms with Gasteiger partial charge in [0, 0.05) is 19.2 Å². The molecule has 1 amide bonds. The molecule has 2 aromatic heterocycles. The van der Waals surface area contributed by atoms with Crippen LogP contribution in [0.25, 0.3) is 11.0 Å². The number of amides is 1. The molecule has 0 unspecified atom stereocenters. The first-order valence-corrected chi connectivity index (χ1v) is 8.79. The average Bonchev–Trinajstić information content (AvgIpc) is 3.00. The number of ether oxygens (including phenoxy) is 1. The van der Waals surface area contributed by atoms with E-state index >= 15 is 0 Å². The van der Waals surface area contributed by atoms with Crippen LogP contribution in [0.4, 0.5) is 0 Å². The summed E-state index contributed by atoms with van der Waals surface area (Å²) in [7, 11) is 1.78. The molecule has 0 radical (unpaired) electrons. The summed E-state index contributed by atoms with van der Waals surface area (Å²) in [5, 5.41) is 11.5. The fraction of sp³-hybridized carbons (Fsp3) is 0.316. The number of para-hydroxylation sites is 1. The molecule has 7 nitrogen and oxygen atoms in total. The molecule has 1 fully saturated rings. The van der Waals surface area contributed by atoms with Crippen molar-refractivity contribution >= 4 is 16.9 Å². The lowest BCUT2D eigenvalue weighted by Gasteiger charge is -2.23. The third-order valence-electron chi connectivity index (χ3n) is 4.52. The molecule has 0 saturated carbocycles. The van der Waals surface area contributed by atoms with Crippen molar-refractivity contribution in [2.45, 2.75) is 18.9 Å². The van der Waals surface area contributed by atoms with Crippen molar-refractivity contribution in [3.05, 3.63) is 48.2 Å². The highest BCUT2D eigenvalue weighted by molar-refractivity contribution is 6.04. The SMILES string of the molecule is Cn1nc(C(=O)NC2CCNCC2)c2ccc(Oc3ccccc3)nc21. The molecule has 0 atom stereocenters. The molecule has 0 spiro atoms. The van der Waals surface area contributed by atoms with E-state index < -0.39 is 0 Å². The van der Waals surface area contributed by atoms with Gasteiger partial charge in [-0.15, -0.1) is 0 Å². The van der Waals surface area contributed by atoms with Gasteiger partial charge >= 0.3 is 0 Å². The molecule has 2 N–H and O–H groups in total. The van der Waals surface area contributed by atoms with Gasteiger partial charge in [0.15, 0.2) is 11.3 Å². The van der Waals surface area contributed by atoms with Crippen LogP contribution in [0.2, 0.25) is 0 Å². The number of carbonyl (C=O) groups is 1. The number of aromatic nitrogens is 3. The highest BCUT2D eigenvalue weighted by atomic mass is 16.5. The van der Waals surface area contributed by atoms with Gasteiger partial charge in [-0.05, 0) is 44.1 Å². The van der Waals surface area contributed by atoms with E-state index in [1.165, 1.54) is 0 Å². The van der Waals surface area contributed by atoms with Gasteiger partial charge in [0.1, 0.15) is 5.75 Å². The highest BCUT2D eigenvalue weighted by Crippen LogP contribution is 2.24. The summed E-state index contributed by atoms with van der Waals surface area (Å²) in [6.45, 7) is 1.85. The summed E-state index contributed by atoms with van der Waals surface area (Å²) >= 11 is 0. The summed E-state index contributed by atoms with van der Waals surface area (Å²) in [5.41, 5.74) is 1.02. The minimum Gasteiger partial charge on any atom is -0.439 e. The topological polar surface area (TPSA) is 81.1 Å². The Labute approximate surface area is 151 Å². The van der Waals surface area contributed by atoms with Crippen molar-refractivity contribution in [2.75, 3.05) is 13.1 Å². The summed E-state index contributed by atoms with van der Waals surface area (Å²) < 4.78 is 7.39. The second-order valence-corrected chi connectivity index (χ2v) is 6.41. The normalized spacial score (nSPS) is 15.1. The standard InChI is InChI=1S/C19H21N5O2/c1-24-18-15(7-8-16(22-18)26-14-5-3-2-4-6-14)17(23-24)19(25)21-13-9-11-20-12-10-13/h2-8,13,20H,9-12H2,1H3,(H,21,25). The van der Waals surface area contributed by atoms with Crippen LogP contribution >= 0.6 is 0 Å². The fourth-order valence-electron chi connectivity index (χ4n) is 3.17. The van der Waals surface area contributed by atoms with Crippen LogP contribution in [0.15, 0.2) is 42.5 Å². The van der Waals surface area contributed by atoms with E-state index in [0.29, 0.717) is 23.0 Å². The lowest BCUT2D eigenvalue weighted by molar-refractivity contribution is 0.0925. The zero-order valence-corrected chi connectivity index (χ0v) is 14.6. The van der Waals surface area contributed by atoms with Crippen LogP contribution in [0.3, 0.4) is 0 Å². The molecule has 3 heterocycles. The maximum Gasteiger partial charge on any atom is 0.272 e. The average molecular weight is 351 g/mol. The monoisotopic (exact) mass is 351 g/mol. The Morgan fingerprint density at radius 3 is 2.73 bits per heavy atom. The number of hydrogen-bond donors (Lipinski definition) is 2. The molecule has 1 aliphatic rings. The third-order valence-corrected chi connectivity index (χ3v) is 4.52. The third kappa shape index (κ3) is 3.39. The lowest BCUT2D eigenvalue weighted by atomic mass is 10.1. The first-order valence-electron chi connectivity index (χ1n) is 8.79. The first-order chi connectivity index (χ1) is 12.7. The van der Waals surface area contributed by atoms with E-state index in [9.17, 15) is 4.79 Å². The predicted molar refractivity (Wildman–Crippen MR) is 98.4 cm³/mol. The van der Waals surface area contributed by atoms with E-state index in [2.05, 4.69) is 20.7 Å². The molecule has 0 bridgehead atoms. The molecule has 4 rings (SSSR count). The summed E-state index contributed by atoms with van der Waals surface area (Å²) in [4.78, 5) is 17.2. The zero-order chi connectivity index (χ0) is 17.9. The minimum absolute atomic E-state index is 0.152. The largest absolute Gasteiger partial charge is 0.439 e. The number of aryl methyl sites for hydroxylation is 1. The van der Waals surface area contributed by atoms with E-state index in [-0.39, 0.29) is 11.9 Å². The van der Waals surface area contributed by atoms with Crippen LogP contribution in [-0.2, 0) is 7.05 Å². The smallest absolute Gasteiger partial charge is 0.272 e. The summed E-state index contributed by atoms with van der Waals surface area (Å²) in [5.74, 6) is 1.03. The Kier molecular flexibility index (Phi) is 4.53. The van der Waals surface area contributed by atoms with E-state index in [1.807, 2.05) is 36.4 Å². The van der Waals surface area contributed by atoms with Gasteiger partial charge in [-0.1, -0.05) is 18.2 Å². The number of carbonyl (C=O) groups excluding carboxylic acids is 1. The molecule has 3 aromatic rings. The number of rotatable bonds is 4. The number of fused-ring (bicyclic) bond motifs is 1. The molecular weight excluding hydrogens is 330 g/mol. The number of nitrogens with zero attached hydrogens (tertiary/aromatic N) is 3. The summed E-state index contributed by atoms with van der Waals surface area (Å²) in [6, 6.07) is 13.3. The van der Waals surface area contributed by atoms with Gasteiger partial charge in [0.2, 0.25) is 5.88 Å². The minimum atomic E-state index is -0.152. The van der Waals surface area contributed by atoms with Crippen molar-refractivity contribution in [2.24, 2.45) is 7.05 Å². The van der Waals surface area contributed by atoms with Crippen molar-refractivity contribution in [3.63, 3.8) is 0 Å². The zero-order valence-electron chi connectivity index (χ0n) is 14.6. The fourth-order valence-corrected chi connectivity index (χ4v) is 3.17. The number of benzene rings is 1. The second-order valence-electron chi connectivity index (χ2n) is 6.41. The number of pyridine rings is 1. The Balaban J connectivity index is 1.58. The molecule has 134 valence electrons. The molecule has 1 aromatic carbocycles. The molecular formula is C19H21N5O2. The van der Waals surface area contributed by atoms with Crippen LogP contribution in [-0.4, -0.2) is 39.8 Å². The molecule has 1 aliphatic heterocycles. The van der Waals surface area contributed by atoms with E-state index in [0.717, 1.165) is 31.3 Å². The second kappa shape index (κ2) is 7.13. The van der Waals surface area contributed by atoms with E-state index in [4.69, 9.17) is 4.74 Å².